The molecule has 0 saturated heterocycles. The second-order valence-corrected chi connectivity index (χ2v) is 6.86. The first kappa shape index (κ1) is 15.5. The van der Waals surface area contributed by atoms with Gasteiger partial charge in [-0.2, -0.15) is 0 Å². The molecule has 0 radical (unpaired) electrons. The van der Waals surface area contributed by atoms with E-state index in [1.807, 2.05) is 13.8 Å². The van der Waals surface area contributed by atoms with Gasteiger partial charge in [0.05, 0.1) is 10.6 Å². The minimum absolute atomic E-state index is 0.0434. The summed E-state index contributed by atoms with van der Waals surface area (Å²) in [4.78, 5) is 0.0476. The van der Waals surface area contributed by atoms with E-state index >= 15 is 0 Å². The van der Waals surface area contributed by atoms with Crippen molar-refractivity contribution in [2.75, 3.05) is 4.72 Å². The average molecular weight is 312 g/mol. The maximum absolute atomic E-state index is 13.3. The van der Waals surface area contributed by atoms with Crippen LogP contribution >= 0.6 is 0 Å². The number of halogens is 1. The van der Waals surface area contributed by atoms with Crippen molar-refractivity contribution in [3.05, 3.63) is 40.8 Å². The summed E-state index contributed by atoms with van der Waals surface area (Å²) in [6.45, 7) is 6.93. The Morgan fingerprint density at radius 1 is 1.19 bits per heavy atom. The predicted octanol–water partition coefficient (Wildman–Crippen LogP) is 3.35. The highest BCUT2D eigenvalue weighted by molar-refractivity contribution is 7.92. The maximum atomic E-state index is 13.3. The highest BCUT2D eigenvalue weighted by Gasteiger charge is 2.22. The lowest BCUT2D eigenvalue weighted by Gasteiger charge is -2.11. The molecule has 0 fully saturated rings. The predicted molar refractivity (Wildman–Crippen MR) is 77.3 cm³/mol. The first-order valence-corrected chi connectivity index (χ1v) is 7.95. The molecule has 0 unspecified atom stereocenters. The average Bonchev–Trinajstić information content (AvgIpc) is 2.74. The van der Waals surface area contributed by atoms with Crippen LogP contribution < -0.4 is 4.72 Å². The topological polar surface area (TPSA) is 72.2 Å². The van der Waals surface area contributed by atoms with Crippen LogP contribution in [0.3, 0.4) is 0 Å². The zero-order valence-corrected chi connectivity index (χ0v) is 13.1. The second kappa shape index (κ2) is 5.48. The number of hydrogen-bond acceptors (Lipinski definition) is 4. The van der Waals surface area contributed by atoms with Gasteiger partial charge >= 0.3 is 0 Å². The first-order valence-electron chi connectivity index (χ1n) is 6.47. The van der Waals surface area contributed by atoms with Gasteiger partial charge in [0.25, 0.3) is 10.0 Å². The third-order valence-corrected chi connectivity index (χ3v) is 4.70. The van der Waals surface area contributed by atoms with E-state index in [0.717, 1.165) is 0 Å². The van der Waals surface area contributed by atoms with Crippen LogP contribution in [0.25, 0.3) is 0 Å². The van der Waals surface area contributed by atoms with Crippen molar-refractivity contribution in [3.63, 3.8) is 0 Å². The third kappa shape index (κ3) is 3.24. The van der Waals surface area contributed by atoms with E-state index in [9.17, 15) is 12.8 Å². The number of benzene rings is 1. The molecule has 0 atom stereocenters. The molecule has 21 heavy (non-hydrogen) atoms. The molecule has 0 aliphatic heterocycles. The minimum atomic E-state index is -3.85. The van der Waals surface area contributed by atoms with Gasteiger partial charge in [0.1, 0.15) is 5.82 Å². The van der Waals surface area contributed by atoms with E-state index in [2.05, 4.69) is 9.88 Å². The number of hydrogen-bond donors (Lipinski definition) is 1. The van der Waals surface area contributed by atoms with Crippen LogP contribution in [0, 0.1) is 19.7 Å². The summed E-state index contributed by atoms with van der Waals surface area (Å²) in [5.41, 5.74) is 1.33. The van der Waals surface area contributed by atoms with E-state index < -0.39 is 15.8 Å². The lowest BCUT2D eigenvalue weighted by atomic mass is 10.1. The molecule has 0 aliphatic rings. The fourth-order valence-electron chi connectivity index (χ4n) is 2.11. The summed E-state index contributed by atoms with van der Waals surface area (Å²) in [5, 5.41) is 3.79. The van der Waals surface area contributed by atoms with Crippen LogP contribution in [0.1, 0.15) is 36.6 Å². The number of nitrogens with one attached hydrogen (secondary N) is 1. The Morgan fingerprint density at radius 2 is 1.76 bits per heavy atom. The van der Waals surface area contributed by atoms with Crippen molar-refractivity contribution >= 4 is 15.9 Å². The van der Waals surface area contributed by atoms with Gasteiger partial charge in [0.15, 0.2) is 0 Å². The normalized spacial score (nSPS) is 11.9. The van der Waals surface area contributed by atoms with Crippen molar-refractivity contribution < 1.29 is 17.3 Å². The van der Waals surface area contributed by atoms with Crippen molar-refractivity contribution in [3.8, 4) is 0 Å². The SMILES string of the molecule is Cc1cc(F)cc(C)c1S(=O)(=O)Nc1cc(C(C)C)no1. The number of sulfonamides is 1. The quantitative estimate of drug-likeness (QED) is 0.939. The Hall–Kier alpha value is -1.89. The van der Waals surface area contributed by atoms with Crippen LogP contribution in [0.15, 0.2) is 27.6 Å². The van der Waals surface area contributed by atoms with Crippen LogP contribution in [-0.4, -0.2) is 13.6 Å². The first-order chi connectivity index (χ1) is 9.70. The molecule has 1 aromatic carbocycles. The van der Waals surface area contributed by atoms with Gasteiger partial charge in [-0.05, 0) is 43.0 Å². The standard InChI is InChI=1S/C14H17FN2O3S/c1-8(2)12-7-13(20-16-12)17-21(18,19)14-9(3)5-11(15)6-10(14)4/h5-8,17H,1-4H3. The zero-order chi connectivity index (χ0) is 15.8. The van der Waals surface area contributed by atoms with Crippen LogP contribution in [-0.2, 0) is 10.0 Å². The summed E-state index contributed by atoms with van der Waals surface area (Å²) < 4.78 is 45.4. The number of aromatic nitrogens is 1. The Balaban J connectivity index is 2.38. The number of nitrogens with zero attached hydrogens (tertiary/aromatic N) is 1. The molecule has 114 valence electrons. The van der Waals surface area contributed by atoms with Crippen LogP contribution in [0.4, 0.5) is 10.3 Å². The fourth-order valence-corrected chi connectivity index (χ4v) is 3.54. The lowest BCUT2D eigenvalue weighted by Crippen LogP contribution is -2.15. The highest BCUT2D eigenvalue weighted by Crippen LogP contribution is 2.25. The van der Waals surface area contributed by atoms with Gasteiger partial charge in [-0.1, -0.05) is 19.0 Å². The van der Waals surface area contributed by atoms with Gasteiger partial charge in [-0.25, -0.2) is 17.5 Å². The Bertz CT molecular complexity index is 743. The van der Waals surface area contributed by atoms with Gasteiger partial charge in [0.2, 0.25) is 5.88 Å². The molecule has 1 heterocycles. The fraction of sp³-hybridized carbons (Fsp3) is 0.357. The van der Waals surface area contributed by atoms with E-state index in [-0.39, 0.29) is 16.7 Å². The molecule has 2 rings (SSSR count). The molecule has 0 amide bonds. The summed E-state index contributed by atoms with van der Waals surface area (Å²) in [6.07, 6.45) is 0. The smallest absolute Gasteiger partial charge is 0.264 e. The van der Waals surface area contributed by atoms with Crippen molar-refractivity contribution in [2.45, 2.75) is 38.5 Å². The second-order valence-electron chi connectivity index (χ2n) is 5.24. The Labute approximate surface area is 123 Å². The molecular weight excluding hydrogens is 295 g/mol. The van der Waals surface area contributed by atoms with E-state index in [0.29, 0.717) is 16.8 Å². The van der Waals surface area contributed by atoms with E-state index in [4.69, 9.17) is 4.52 Å². The molecule has 0 bridgehead atoms. The van der Waals surface area contributed by atoms with E-state index in [1.165, 1.54) is 18.2 Å². The summed E-state index contributed by atoms with van der Waals surface area (Å²) in [6, 6.07) is 3.90. The molecule has 0 aliphatic carbocycles. The van der Waals surface area contributed by atoms with Gasteiger partial charge in [0, 0.05) is 6.07 Å². The molecular formula is C14H17FN2O3S. The number of aryl methyl sites for hydroxylation is 2. The Morgan fingerprint density at radius 3 is 2.24 bits per heavy atom. The van der Waals surface area contributed by atoms with Crippen LogP contribution in [0.2, 0.25) is 0 Å². The monoisotopic (exact) mass is 312 g/mol. The van der Waals surface area contributed by atoms with Crippen molar-refractivity contribution in [1.29, 1.82) is 0 Å². The van der Waals surface area contributed by atoms with Gasteiger partial charge < -0.3 is 4.52 Å². The molecule has 0 saturated carbocycles. The molecule has 0 spiro atoms. The number of rotatable bonds is 4. The Kier molecular flexibility index (Phi) is 4.04. The van der Waals surface area contributed by atoms with Gasteiger partial charge in [-0.15, -0.1) is 0 Å². The lowest BCUT2D eigenvalue weighted by molar-refractivity contribution is 0.423. The molecule has 1 N–H and O–H groups in total. The van der Waals surface area contributed by atoms with E-state index in [1.54, 1.807) is 13.8 Å². The molecule has 1 aromatic heterocycles. The van der Waals surface area contributed by atoms with Crippen molar-refractivity contribution in [2.24, 2.45) is 0 Å². The summed E-state index contributed by atoms with van der Waals surface area (Å²) in [5.74, 6) is -0.297. The van der Waals surface area contributed by atoms with Gasteiger partial charge in [-0.3, -0.25) is 0 Å². The highest BCUT2D eigenvalue weighted by atomic mass is 32.2. The molecule has 5 nitrogen and oxygen atoms in total. The summed E-state index contributed by atoms with van der Waals surface area (Å²) >= 11 is 0. The number of anilines is 1. The summed E-state index contributed by atoms with van der Waals surface area (Å²) in [7, 11) is -3.85. The maximum Gasteiger partial charge on any atom is 0.264 e. The van der Waals surface area contributed by atoms with Crippen LogP contribution in [0.5, 0.6) is 0 Å². The zero-order valence-electron chi connectivity index (χ0n) is 12.3. The molecule has 2 aromatic rings. The molecule has 7 heteroatoms. The van der Waals surface area contributed by atoms with Crippen molar-refractivity contribution in [1.82, 2.24) is 5.16 Å². The largest absolute Gasteiger partial charge is 0.338 e. The third-order valence-electron chi connectivity index (χ3n) is 3.05. The minimum Gasteiger partial charge on any atom is -0.338 e.